The van der Waals surface area contributed by atoms with Gasteiger partial charge in [-0.2, -0.15) is 0 Å². The van der Waals surface area contributed by atoms with Gasteiger partial charge in [-0.1, -0.05) is 44.2 Å². The summed E-state index contributed by atoms with van der Waals surface area (Å²) in [7, 11) is 1.93. The van der Waals surface area contributed by atoms with Gasteiger partial charge in [0, 0.05) is 18.7 Å². The lowest BCUT2D eigenvalue weighted by Crippen LogP contribution is -2.15. The van der Waals surface area contributed by atoms with Crippen LogP contribution in [0.2, 0.25) is 0 Å². The molecule has 21 heavy (non-hydrogen) atoms. The Bertz CT molecular complexity index is 431. The van der Waals surface area contributed by atoms with E-state index < -0.39 is 0 Å². The molecule has 1 aromatic carbocycles. The molecule has 1 fully saturated rings. The van der Waals surface area contributed by atoms with Crippen molar-refractivity contribution >= 4 is 24.0 Å². The van der Waals surface area contributed by atoms with Crippen LogP contribution in [0, 0.1) is 5.92 Å². The minimum absolute atomic E-state index is 0. The second kappa shape index (κ2) is 9.80. The highest BCUT2D eigenvalue weighted by molar-refractivity contribution is 5.90. The van der Waals surface area contributed by atoms with Crippen molar-refractivity contribution < 1.29 is 4.79 Å². The number of hydrogen-bond donors (Lipinski definition) is 2. The van der Waals surface area contributed by atoms with Crippen LogP contribution >= 0.6 is 12.4 Å². The Balaban J connectivity index is 0.00000220. The number of carbonyl (C=O) groups excluding carboxylic acids is 1. The van der Waals surface area contributed by atoms with E-state index in [1.165, 1.54) is 37.7 Å². The average Bonchev–Trinajstić information content (AvgIpc) is 2.47. The summed E-state index contributed by atoms with van der Waals surface area (Å²) in [6.45, 7) is 0.825. The minimum Gasteiger partial charge on any atom is -0.326 e. The maximum Gasteiger partial charge on any atom is 0.224 e. The fourth-order valence-corrected chi connectivity index (χ4v) is 3.00. The largest absolute Gasteiger partial charge is 0.326 e. The third-order valence-corrected chi connectivity index (χ3v) is 4.10. The molecular formula is C17H27ClN2O. The van der Waals surface area contributed by atoms with E-state index in [0.29, 0.717) is 6.42 Å². The summed E-state index contributed by atoms with van der Waals surface area (Å²) in [5, 5.41) is 6.13. The van der Waals surface area contributed by atoms with Gasteiger partial charge in [-0.3, -0.25) is 4.79 Å². The van der Waals surface area contributed by atoms with E-state index >= 15 is 0 Å². The zero-order chi connectivity index (χ0) is 14.2. The lowest BCUT2D eigenvalue weighted by Gasteiger charge is -2.21. The molecule has 4 heteroatoms. The van der Waals surface area contributed by atoms with E-state index in [9.17, 15) is 4.79 Å². The molecule has 1 aliphatic carbocycles. The minimum atomic E-state index is 0. The Morgan fingerprint density at radius 2 is 2.00 bits per heavy atom. The van der Waals surface area contributed by atoms with Crippen molar-refractivity contribution in [2.75, 3.05) is 12.4 Å². The summed E-state index contributed by atoms with van der Waals surface area (Å²) in [5.41, 5.74) is 2.10. The first-order valence-corrected chi connectivity index (χ1v) is 7.81. The number of amides is 1. The molecule has 0 aliphatic heterocycles. The normalized spacial score (nSPS) is 15.3. The Morgan fingerprint density at radius 3 is 2.71 bits per heavy atom. The standard InChI is InChI=1S/C17H26N2O.ClH/c1-18-13-15-8-5-9-16(12-15)19-17(20)11-10-14-6-3-2-4-7-14;/h5,8-9,12,14,18H,2-4,6-7,10-11,13H2,1H3,(H,19,20);1H. The van der Waals surface area contributed by atoms with E-state index in [1.54, 1.807) is 0 Å². The smallest absolute Gasteiger partial charge is 0.224 e. The Hall–Kier alpha value is -1.06. The van der Waals surface area contributed by atoms with E-state index in [0.717, 1.165) is 24.6 Å². The molecule has 0 unspecified atom stereocenters. The first-order chi connectivity index (χ1) is 9.78. The van der Waals surface area contributed by atoms with Crippen molar-refractivity contribution in [3.63, 3.8) is 0 Å². The van der Waals surface area contributed by atoms with Crippen LogP contribution in [0.25, 0.3) is 0 Å². The molecule has 1 amide bonds. The number of halogens is 1. The van der Waals surface area contributed by atoms with Gasteiger partial charge in [0.05, 0.1) is 0 Å². The van der Waals surface area contributed by atoms with Crippen molar-refractivity contribution in [3.05, 3.63) is 29.8 Å². The number of benzene rings is 1. The third kappa shape index (κ3) is 6.49. The van der Waals surface area contributed by atoms with Gasteiger partial charge >= 0.3 is 0 Å². The second-order valence-corrected chi connectivity index (χ2v) is 5.82. The second-order valence-electron chi connectivity index (χ2n) is 5.82. The Morgan fingerprint density at radius 1 is 1.24 bits per heavy atom. The summed E-state index contributed by atoms with van der Waals surface area (Å²) in [6.07, 6.45) is 8.39. The van der Waals surface area contributed by atoms with Crippen LogP contribution in [0.4, 0.5) is 5.69 Å². The topological polar surface area (TPSA) is 41.1 Å². The van der Waals surface area contributed by atoms with Gasteiger partial charge in [-0.05, 0) is 37.1 Å². The molecule has 1 aromatic rings. The van der Waals surface area contributed by atoms with Gasteiger partial charge in [0.1, 0.15) is 0 Å². The van der Waals surface area contributed by atoms with E-state index in [2.05, 4.69) is 16.7 Å². The lowest BCUT2D eigenvalue weighted by atomic mass is 9.86. The zero-order valence-corrected chi connectivity index (χ0v) is 13.7. The summed E-state index contributed by atoms with van der Waals surface area (Å²) < 4.78 is 0. The van der Waals surface area contributed by atoms with E-state index in [-0.39, 0.29) is 18.3 Å². The van der Waals surface area contributed by atoms with Crippen molar-refractivity contribution in [2.24, 2.45) is 5.92 Å². The van der Waals surface area contributed by atoms with E-state index in [1.807, 2.05) is 25.2 Å². The maximum absolute atomic E-state index is 12.0. The zero-order valence-electron chi connectivity index (χ0n) is 12.9. The highest BCUT2D eigenvalue weighted by Crippen LogP contribution is 2.27. The van der Waals surface area contributed by atoms with Gasteiger partial charge < -0.3 is 10.6 Å². The molecule has 0 radical (unpaired) electrons. The molecule has 1 saturated carbocycles. The Labute approximate surface area is 134 Å². The first kappa shape index (κ1) is 18.0. The molecule has 0 saturated heterocycles. The van der Waals surface area contributed by atoms with Crippen LogP contribution in [0.1, 0.15) is 50.5 Å². The quantitative estimate of drug-likeness (QED) is 0.829. The Kier molecular flexibility index (Phi) is 8.40. The van der Waals surface area contributed by atoms with Crippen molar-refractivity contribution in [3.8, 4) is 0 Å². The van der Waals surface area contributed by atoms with Crippen LogP contribution in [-0.4, -0.2) is 13.0 Å². The molecular weight excluding hydrogens is 284 g/mol. The fraction of sp³-hybridized carbons (Fsp3) is 0.588. The summed E-state index contributed by atoms with van der Waals surface area (Å²) in [4.78, 5) is 12.0. The van der Waals surface area contributed by atoms with Crippen LogP contribution in [0.15, 0.2) is 24.3 Å². The van der Waals surface area contributed by atoms with Crippen molar-refractivity contribution in [1.82, 2.24) is 5.32 Å². The van der Waals surface area contributed by atoms with E-state index in [4.69, 9.17) is 0 Å². The molecule has 2 N–H and O–H groups in total. The van der Waals surface area contributed by atoms with Crippen LogP contribution in [0.3, 0.4) is 0 Å². The van der Waals surface area contributed by atoms with Crippen LogP contribution in [0.5, 0.6) is 0 Å². The number of nitrogens with one attached hydrogen (secondary N) is 2. The van der Waals surface area contributed by atoms with Crippen molar-refractivity contribution in [1.29, 1.82) is 0 Å². The molecule has 2 rings (SSSR count). The molecule has 1 aliphatic rings. The molecule has 0 heterocycles. The average molecular weight is 311 g/mol. The van der Waals surface area contributed by atoms with Gasteiger partial charge in [-0.15, -0.1) is 12.4 Å². The fourth-order valence-electron chi connectivity index (χ4n) is 3.00. The molecule has 118 valence electrons. The van der Waals surface area contributed by atoms with Gasteiger partial charge in [0.15, 0.2) is 0 Å². The maximum atomic E-state index is 12.0. The highest BCUT2D eigenvalue weighted by atomic mass is 35.5. The molecule has 0 bridgehead atoms. The van der Waals surface area contributed by atoms with Crippen molar-refractivity contribution in [2.45, 2.75) is 51.5 Å². The van der Waals surface area contributed by atoms with Gasteiger partial charge in [0.2, 0.25) is 5.91 Å². The predicted molar refractivity (Wildman–Crippen MR) is 90.9 cm³/mol. The summed E-state index contributed by atoms with van der Waals surface area (Å²) >= 11 is 0. The number of rotatable bonds is 6. The highest BCUT2D eigenvalue weighted by Gasteiger charge is 2.14. The third-order valence-electron chi connectivity index (χ3n) is 4.10. The number of carbonyl (C=O) groups is 1. The number of anilines is 1. The van der Waals surface area contributed by atoms with Crippen LogP contribution in [-0.2, 0) is 11.3 Å². The molecule has 0 aromatic heterocycles. The van der Waals surface area contributed by atoms with Gasteiger partial charge in [-0.25, -0.2) is 0 Å². The summed E-state index contributed by atoms with van der Waals surface area (Å²) in [6, 6.07) is 8.05. The van der Waals surface area contributed by atoms with Crippen LogP contribution < -0.4 is 10.6 Å². The SMILES string of the molecule is CNCc1cccc(NC(=O)CCC2CCCCC2)c1.Cl. The molecule has 0 spiro atoms. The van der Waals surface area contributed by atoms with Gasteiger partial charge in [0.25, 0.3) is 0 Å². The lowest BCUT2D eigenvalue weighted by molar-refractivity contribution is -0.116. The predicted octanol–water partition coefficient (Wildman–Crippen LogP) is 4.13. The number of hydrogen-bond acceptors (Lipinski definition) is 2. The molecule has 0 atom stereocenters. The monoisotopic (exact) mass is 310 g/mol. The summed E-state index contributed by atoms with van der Waals surface area (Å²) in [5.74, 6) is 0.919. The molecule has 3 nitrogen and oxygen atoms in total. The first-order valence-electron chi connectivity index (χ1n) is 7.81.